The van der Waals surface area contributed by atoms with Gasteiger partial charge in [0.25, 0.3) is 16.9 Å². The summed E-state index contributed by atoms with van der Waals surface area (Å²) < 4.78 is 6.55. The molecule has 0 aliphatic carbocycles. The Balaban J connectivity index is 1.60. The molecule has 1 aliphatic rings. The van der Waals surface area contributed by atoms with Crippen molar-refractivity contribution >= 4 is 34.4 Å². The van der Waals surface area contributed by atoms with Crippen LogP contribution in [0.3, 0.4) is 0 Å². The summed E-state index contributed by atoms with van der Waals surface area (Å²) in [5.41, 5.74) is -2.33. The van der Waals surface area contributed by atoms with Gasteiger partial charge in [-0.25, -0.2) is 4.98 Å². The number of H-pyrrole nitrogens is 1. The van der Waals surface area contributed by atoms with Gasteiger partial charge in [-0.3, -0.25) is 44.7 Å². The van der Waals surface area contributed by atoms with Crippen molar-refractivity contribution in [3.63, 3.8) is 0 Å². The van der Waals surface area contributed by atoms with Gasteiger partial charge in [-0.15, -0.1) is 0 Å². The van der Waals surface area contributed by atoms with Crippen molar-refractivity contribution in [3.8, 4) is 0 Å². The molecule has 1 saturated heterocycles. The van der Waals surface area contributed by atoms with E-state index in [9.17, 15) is 45.1 Å². The first-order valence-electron chi connectivity index (χ1n) is 9.91. The maximum atomic E-state index is 12.5. The van der Waals surface area contributed by atoms with E-state index < -0.39 is 70.3 Å². The quantitative estimate of drug-likeness (QED) is 0.192. The molecule has 35 heavy (non-hydrogen) atoms. The minimum atomic E-state index is -1.48. The second-order valence-corrected chi connectivity index (χ2v) is 7.52. The third kappa shape index (κ3) is 4.43. The van der Waals surface area contributed by atoms with Crippen LogP contribution >= 0.6 is 0 Å². The molecule has 4 rings (SSSR count). The average Bonchev–Trinajstić information content (AvgIpc) is 3.34. The van der Waals surface area contributed by atoms with Gasteiger partial charge < -0.3 is 20.1 Å². The molecule has 184 valence electrons. The zero-order valence-corrected chi connectivity index (χ0v) is 17.5. The number of fused-ring (bicyclic) bond motifs is 1. The number of non-ortho nitro benzene ring substituents is 1. The van der Waals surface area contributed by atoms with Crippen LogP contribution in [0, 0.1) is 20.2 Å². The molecule has 0 bridgehead atoms. The van der Waals surface area contributed by atoms with Crippen LogP contribution in [0.25, 0.3) is 11.2 Å². The van der Waals surface area contributed by atoms with Crippen LogP contribution < -0.4 is 10.9 Å². The topological polar surface area (TPSA) is 249 Å². The van der Waals surface area contributed by atoms with Gasteiger partial charge in [-0.1, -0.05) is 0 Å². The molecule has 1 fully saturated rings. The maximum absolute atomic E-state index is 12.5. The van der Waals surface area contributed by atoms with Gasteiger partial charge in [0, 0.05) is 11.6 Å². The zero-order valence-electron chi connectivity index (χ0n) is 17.5. The van der Waals surface area contributed by atoms with Gasteiger partial charge in [-0.05, 0) is 6.07 Å². The van der Waals surface area contributed by atoms with Crippen LogP contribution in [0.15, 0.2) is 29.3 Å². The molecule has 1 aromatic carbocycles. The van der Waals surface area contributed by atoms with Crippen LogP contribution in [0.4, 0.5) is 17.3 Å². The lowest BCUT2D eigenvalue weighted by molar-refractivity contribution is -0.394. The number of nitrogens with one attached hydrogen (secondary N) is 2. The fourth-order valence-corrected chi connectivity index (χ4v) is 3.62. The summed E-state index contributed by atoms with van der Waals surface area (Å²) >= 11 is 0. The number of amides is 1. The first-order chi connectivity index (χ1) is 16.6. The fourth-order valence-electron chi connectivity index (χ4n) is 3.62. The van der Waals surface area contributed by atoms with Crippen molar-refractivity contribution in [2.24, 2.45) is 0 Å². The standard InChI is InChI=1S/C18H17N7O10/c26-5-10-13(28)14(29)17(35-10)23-6-19-12-15(23)21-18(22-16(12)30)20-11(27)3-7-1-2-8(24(31)32)4-9(7)25(33)34/h1-2,4,6,10,13-14,17,26,28-29H,3,5H2,(H2,20,21,22,27,30). The zero-order chi connectivity index (χ0) is 25.4. The number of carbonyl (C=O) groups excluding carboxylic acids is 1. The van der Waals surface area contributed by atoms with Crippen molar-refractivity contribution in [3.05, 3.63) is 60.7 Å². The summed E-state index contributed by atoms with van der Waals surface area (Å²) in [5, 5.41) is 53.9. The number of ether oxygens (including phenoxy) is 1. The Morgan fingerprint density at radius 2 is 1.97 bits per heavy atom. The number of nitro benzene ring substituents is 2. The predicted octanol–water partition coefficient (Wildman–Crippen LogP) is -1.27. The summed E-state index contributed by atoms with van der Waals surface area (Å²) in [6.45, 7) is -0.578. The Labute approximate surface area is 192 Å². The van der Waals surface area contributed by atoms with E-state index in [1.807, 2.05) is 0 Å². The minimum Gasteiger partial charge on any atom is -0.394 e. The number of benzene rings is 1. The molecule has 1 amide bonds. The number of hydrogen-bond donors (Lipinski definition) is 5. The molecule has 0 saturated carbocycles. The molecule has 3 heterocycles. The highest BCUT2D eigenvalue weighted by Crippen LogP contribution is 2.31. The number of rotatable bonds is 7. The SMILES string of the molecule is O=C(Cc1ccc([N+](=O)[O-])cc1[N+](=O)[O-])Nc1nc2c(ncn2C2OC(CO)C(O)C2O)c(=O)[nH]1. The van der Waals surface area contributed by atoms with Gasteiger partial charge in [0.2, 0.25) is 11.9 Å². The first kappa shape index (κ1) is 23.8. The van der Waals surface area contributed by atoms with Crippen LogP contribution in [-0.2, 0) is 16.0 Å². The van der Waals surface area contributed by atoms with Crippen LogP contribution in [-0.4, -0.2) is 75.5 Å². The van der Waals surface area contributed by atoms with E-state index in [1.165, 1.54) is 0 Å². The Hall–Kier alpha value is -4.32. The molecule has 1 aliphatic heterocycles. The normalized spacial score (nSPS) is 21.8. The molecule has 5 N–H and O–H groups in total. The maximum Gasteiger partial charge on any atom is 0.280 e. The van der Waals surface area contributed by atoms with Crippen molar-refractivity contribution in [1.29, 1.82) is 0 Å². The fraction of sp³-hybridized carbons (Fsp3) is 0.333. The highest BCUT2D eigenvalue weighted by Gasteiger charge is 2.44. The molecule has 0 radical (unpaired) electrons. The lowest BCUT2D eigenvalue weighted by Crippen LogP contribution is -2.33. The van der Waals surface area contributed by atoms with Gasteiger partial charge >= 0.3 is 0 Å². The molecular weight excluding hydrogens is 474 g/mol. The molecule has 4 atom stereocenters. The van der Waals surface area contributed by atoms with Crippen molar-refractivity contribution in [1.82, 2.24) is 19.5 Å². The monoisotopic (exact) mass is 491 g/mol. The highest BCUT2D eigenvalue weighted by molar-refractivity contribution is 5.92. The van der Waals surface area contributed by atoms with Gasteiger partial charge in [-0.2, -0.15) is 4.98 Å². The number of nitro groups is 2. The van der Waals surface area contributed by atoms with E-state index in [2.05, 4.69) is 20.3 Å². The molecule has 3 aromatic rings. The number of aromatic nitrogens is 4. The third-order valence-electron chi connectivity index (χ3n) is 5.31. The number of imidazole rings is 1. The summed E-state index contributed by atoms with van der Waals surface area (Å²) in [4.78, 5) is 55.6. The number of anilines is 1. The Morgan fingerprint density at radius 1 is 1.23 bits per heavy atom. The smallest absolute Gasteiger partial charge is 0.280 e. The van der Waals surface area contributed by atoms with E-state index in [1.54, 1.807) is 0 Å². The second kappa shape index (κ2) is 9.14. The second-order valence-electron chi connectivity index (χ2n) is 7.52. The van der Waals surface area contributed by atoms with Gasteiger partial charge in [0.1, 0.15) is 18.3 Å². The Bertz CT molecular complexity index is 1390. The summed E-state index contributed by atoms with van der Waals surface area (Å²) in [6.07, 6.45) is -4.67. The number of aliphatic hydroxyl groups excluding tert-OH is 3. The average molecular weight is 491 g/mol. The highest BCUT2D eigenvalue weighted by atomic mass is 16.6. The predicted molar refractivity (Wildman–Crippen MR) is 113 cm³/mol. The molecular formula is C18H17N7O10. The molecule has 0 spiro atoms. The van der Waals surface area contributed by atoms with Crippen molar-refractivity contribution in [2.75, 3.05) is 11.9 Å². The number of carbonyl (C=O) groups is 1. The summed E-state index contributed by atoms with van der Waals surface area (Å²) in [5.74, 6) is -1.19. The van der Waals surface area contributed by atoms with Gasteiger partial charge in [0.05, 0.1) is 35.3 Å². The molecule has 2 aromatic heterocycles. The van der Waals surface area contributed by atoms with Crippen molar-refractivity contribution in [2.45, 2.75) is 31.0 Å². The Morgan fingerprint density at radius 3 is 2.60 bits per heavy atom. The molecule has 4 unspecified atom stereocenters. The van der Waals surface area contributed by atoms with Crippen LogP contribution in [0.2, 0.25) is 0 Å². The van der Waals surface area contributed by atoms with Crippen molar-refractivity contribution < 1.29 is 34.7 Å². The molecule has 17 nitrogen and oxygen atoms in total. The number of aromatic amines is 1. The summed E-state index contributed by atoms with van der Waals surface area (Å²) in [6, 6.07) is 2.82. The van der Waals surface area contributed by atoms with E-state index in [0.717, 1.165) is 29.1 Å². The third-order valence-corrected chi connectivity index (χ3v) is 5.31. The van der Waals surface area contributed by atoms with E-state index >= 15 is 0 Å². The lowest BCUT2D eigenvalue weighted by atomic mass is 10.1. The number of nitrogens with zero attached hydrogens (tertiary/aromatic N) is 5. The van der Waals surface area contributed by atoms with Crippen LogP contribution in [0.5, 0.6) is 0 Å². The number of hydrogen-bond acceptors (Lipinski definition) is 12. The minimum absolute atomic E-state index is 0.113. The Kier molecular flexibility index (Phi) is 6.22. The van der Waals surface area contributed by atoms with Gasteiger partial charge in [0.15, 0.2) is 17.4 Å². The number of aliphatic hydroxyl groups is 3. The lowest BCUT2D eigenvalue weighted by Gasteiger charge is -2.16. The van der Waals surface area contributed by atoms with Crippen LogP contribution in [0.1, 0.15) is 11.8 Å². The largest absolute Gasteiger partial charge is 0.394 e. The molecule has 17 heteroatoms. The van der Waals surface area contributed by atoms with E-state index in [4.69, 9.17) is 4.74 Å². The van der Waals surface area contributed by atoms with E-state index in [-0.39, 0.29) is 22.7 Å². The van der Waals surface area contributed by atoms with E-state index in [0.29, 0.717) is 0 Å². The first-order valence-corrected chi connectivity index (χ1v) is 9.91. The summed E-state index contributed by atoms with van der Waals surface area (Å²) in [7, 11) is 0.